The average Bonchev–Trinajstić information content (AvgIpc) is 2.76. The molecule has 0 saturated carbocycles. The van der Waals surface area contributed by atoms with Crippen molar-refractivity contribution in [2.45, 2.75) is 33.4 Å². The van der Waals surface area contributed by atoms with E-state index in [9.17, 15) is 29.4 Å². The summed E-state index contributed by atoms with van der Waals surface area (Å²) in [7, 11) is 0. The maximum absolute atomic E-state index is 12.0. The fraction of sp³-hybridized carbons (Fsp3) is 0.429. The number of carbonyl (C=O) groups excluding carboxylic acids is 2. The molecule has 2 heterocycles. The van der Waals surface area contributed by atoms with Crippen molar-refractivity contribution in [2.24, 2.45) is 0 Å². The normalized spacial score (nSPS) is 10.7. The van der Waals surface area contributed by atoms with Gasteiger partial charge in [-0.05, 0) is 26.8 Å². The summed E-state index contributed by atoms with van der Waals surface area (Å²) in [5, 5.41) is 27.9. The van der Waals surface area contributed by atoms with E-state index in [1.54, 1.807) is 13.8 Å². The Labute approximate surface area is 184 Å². The average molecular weight is 447 g/mol. The second-order valence-electron chi connectivity index (χ2n) is 7.29. The minimum absolute atomic E-state index is 0.00148. The van der Waals surface area contributed by atoms with Gasteiger partial charge in [0, 0.05) is 44.2 Å². The molecular formula is C21H29N5O6. The topological polar surface area (TPSA) is 155 Å². The molecule has 32 heavy (non-hydrogen) atoms. The molecule has 5 N–H and O–H groups in total. The molecular weight excluding hydrogens is 418 g/mol. The van der Waals surface area contributed by atoms with Crippen LogP contribution in [0, 0.1) is 13.8 Å². The van der Waals surface area contributed by atoms with E-state index in [2.05, 4.69) is 16.0 Å². The zero-order valence-corrected chi connectivity index (χ0v) is 18.2. The lowest BCUT2D eigenvalue weighted by molar-refractivity contribution is -0.122. The Morgan fingerprint density at radius 2 is 1.25 bits per heavy atom. The first kappa shape index (κ1) is 24.7. The molecule has 0 aliphatic rings. The third-order valence-corrected chi connectivity index (χ3v) is 4.93. The summed E-state index contributed by atoms with van der Waals surface area (Å²) in [6.07, 6.45) is 3.61. The molecule has 11 nitrogen and oxygen atoms in total. The predicted molar refractivity (Wildman–Crippen MR) is 118 cm³/mol. The molecule has 0 saturated heterocycles. The number of carbonyl (C=O) groups is 2. The standard InChI is InChI=1S/C21H29N5O6/c1-14-20(31)16(27)4-10-25(14)12-18(29)23-7-3-6-22-8-9-24-19(30)13-26-11-5-17(28)21(32)15(26)2/h4-5,10-11,22,31-32H,3,6-9,12-13H2,1-2H3,(H,23,29)(H,24,30). The largest absolute Gasteiger partial charge is 0.503 e. The van der Waals surface area contributed by atoms with Crippen LogP contribution in [-0.2, 0) is 22.7 Å². The van der Waals surface area contributed by atoms with Crippen molar-refractivity contribution in [1.29, 1.82) is 0 Å². The first-order valence-corrected chi connectivity index (χ1v) is 10.2. The number of nitrogens with one attached hydrogen (secondary N) is 3. The third kappa shape index (κ3) is 6.98. The van der Waals surface area contributed by atoms with Crippen LogP contribution in [0.1, 0.15) is 17.8 Å². The highest BCUT2D eigenvalue weighted by Gasteiger charge is 2.09. The van der Waals surface area contributed by atoms with Crippen molar-refractivity contribution in [2.75, 3.05) is 26.2 Å². The van der Waals surface area contributed by atoms with Gasteiger partial charge in [-0.2, -0.15) is 0 Å². The molecule has 0 radical (unpaired) electrons. The molecule has 2 rings (SSSR count). The van der Waals surface area contributed by atoms with Crippen LogP contribution in [0.4, 0.5) is 0 Å². The lowest BCUT2D eigenvalue weighted by Crippen LogP contribution is -2.35. The number of aromatic nitrogens is 2. The minimum atomic E-state index is -0.481. The molecule has 0 aliphatic heterocycles. The fourth-order valence-electron chi connectivity index (χ4n) is 2.95. The van der Waals surface area contributed by atoms with Crippen LogP contribution in [-0.4, -0.2) is 57.3 Å². The van der Waals surface area contributed by atoms with E-state index in [0.717, 1.165) is 0 Å². The first-order valence-electron chi connectivity index (χ1n) is 10.2. The number of amides is 2. The summed E-state index contributed by atoms with van der Waals surface area (Å²) in [6.45, 7) is 5.19. The van der Waals surface area contributed by atoms with Crippen molar-refractivity contribution in [3.8, 4) is 11.5 Å². The van der Waals surface area contributed by atoms with Crippen LogP contribution >= 0.6 is 0 Å². The van der Waals surface area contributed by atoms with Crippen LogP contribution in [0.25, 0.3) is 0 Å². The van der Waals surface area contributed by atoms with Crippen LogP contribution < -0.4 is 26.8 Å². The van der Waals surface area contributed by atoms with Crippen molar-refractivity contribution in [1.82, 2.24) is 25.1 Å². The Morgan fingerprint density at radius 1 is 0.781 bits per heavy atom. The lowest BCUT2D eigenvalue weighted by Gasteiger charge is -2.12. The molecule has 11 heteroatoms. The Balaban J connectivity index is 1.57. The highest BCUT2D eigenvalue weighted by atomic mass is 16.3. The number of aromatic hydroxyl groups is 2. The molecule has 0 atom stereocenters. The predicted octanol–water partition coefficient (Wildman–Crippen LogP) is -1.05. The summed E-state index contributed by atoms with van der Waals surface area (Å²) in [6, 6.07) is 2.42. The molecule has 0 aliphatic carbocycles. The minimum Gasteiger partial charge on any atom is -0.503 e. The van der Waals surface area contributed by atoms with E-state index in [0.29, 0.717) is 44.0 Å². The Hall–Kier alpha value is -3.60. The van der Waals surface area contributed by atoms with Gasteiger partial charge in [0.15, 0.2) is 11.5 Å². The lowest BCUT2D eigenvalue weighted by atomic mass is 10.3. The van der Waals surface area contributed by atoms with E-state index in [4.69, 9.17) is 0 Å². The summed E-state index contributed by atoms with van der Waals surface area (Å²) < 4.78 is 3.00. The molecule has 174 valence electrons. The third-order valence-electron chi connectivity index (χ3n) is 4.93. The monoisotopic (exact) mass is 447 g/mol. The second-order valence-corrected chi connectivity index (χ2v) is 7.29. The van der Waals surface area contributed by atoms with E-state index < -0.39 is 10.9 Å². The van der Waals surface area contributed by atoms with Crippen molar-refractivity contribution < 1.29 is 19.8 Å². The molecule has 0 spiro atoms. The first-order chi connectivity index (χ1) is 15.2. The van der Waals surface area contributed by atoms with Crippen LogP contribution in [0.15, 0.2) is 34.1 Å². The Morgan fingerprint density at radius 3 is 1.75 bits per heavy atom. The van der Waals surface area contributed by atoms with Gasteiger partial charge in [-0.15, -0.1) is 0 Å². The zero-order chi connectivity index (χ0) is 23.7. The molecule has 0 aromatic carbocycles. The highest BCUT2D eigenvalue weighted by molar-refractivity contribution is 5.76. The molecule has 0 fully saturated rings. The quantitative estimate of drug-likeness (QED) is 0.275. The Bertz CT molecular complexity index is 990. The molecule has 0 unspecified atom stereocenters. The second kappa shape index (κ2) is 11.7. The molecule has 2 aromatic heterocycles. The number of rotatable bonds is 11. The van der Waals surface area contributed by atoms with Crippen LogP contribution in [0.5, 0.6) is 11.5 Å². The SMILES string of the molecule is Cc1c(O)c(=O)ccn1CC(=O)NCCCNCCNC(=O)Cn1ccc(=O)c(O)c1C. The van der Waals surface area contributed by atoms with E-state index in [1.165, 1.54) is 33.7 Å². The van der Waals surface area contributed by atoms with E-state index in [-0.39, 0.29) is 36.4 Å². The maximum Gasteiger partial charge on any atom is 0.239 e. The van der Waals surface area contributed by atoms with Gasteiger partial charge in [0.2, 0.25) is 22.7 Å². The maximum atomic E-state index is 12.0. The van der Waals surface area contributed by atoms with E-state index in [1.807, 2.05) is 0 Å². The van der Waals surface area contributed by atoms with Gasteiger partial charge in [0.05, 0.1) is 11.4 Å². The summed E-state index contributed by atoms with van der Waals surface area (Å²) in [5.41, 5.74) is -0.289. The molecule has 0 bridgehead atoms. The summed E-state index contributed by atoms with van der Waals surface area (Å²) in [4.78, 5) is 46.6. The van der Waals surface area contributed by atoms with Gasteiger partial charge in [0.25, 0.3) is 0 Å². The van der Waals surface area contributed by atoms with E-state index >= 15 is 0 Å². The number of hydrogen-bond acceptors (Lipinski definition) is 7. The summed E-state index contributed by atoms with van der Waals surface area (Å²) >= 11 is 0. The van der Waals surface area contributed by atoms with Gasteiger partial charge < -0.3 is 35.3 Å². The number of hydrogen-bond donors (Lipinski definition) is 5. The fourth-order valence-corrected chi connectivity index (χ4v) is 2.95. The van der Waals surface area contributed by atoms with Crippen LogP contribution in [0.3, 0.4) is 0 Å². The summed E-state index contributed by atoms with van der Waals surface area (Å²) in [5.74, 6) is -1.19. The number of nitrogens with zero attached hydrogens (tertiary/aromatic N) is 2. The number of pyridine rings is 2. The van der Waals surface area contributed by atoms with Crippen molar-refractivity contribution >= 4 is 11.8 Å². The Kier molecular flexibility index (Phi) is 9.02. The van der Waals surface area contributed by atoms with Gasteiger partial charge in [-0.25, -0.2) is 0 Å². The highest BCUT2D eigenvalue weighted by Crippen LogP contribution is 2.09. The van der Waals surface area contributed by atoms with Gasteiger partial charge in [0.1, 0.15) is 13.1 Å². The van der Waals surface area contributed by atoms with Crippen LogP contribution in [0.2, 0.25) is 0 Å². The molecule has 2 aromatic rings. The smallest absolute Gasteiger partial charge is 0.239 e. The van der Waals surface area contributed by atoms with Crippen molar-refractivity contribution in [3.05, 3.63) is 56.4 Å². The van der Waals surface area contributed by atoms with Gasteiger partial charge in [-0.1, -0.05) is 0 Å². The van der Waals surface area contributed by atoms with Gasteiger partial charge >= 0.3 is 0 Å². The zero-order valence-electron chi connectivity index (χ0n) is 18.2. The van der Waals surface area contributed by atoms with Gasteiger partial charge in [-0.3, -0.25) is 19.2 Å². The van der Waals surface area contributed by atoms with Crippen molar-refractivity contribution in [3.63, 3.8) is 0 Å². The molecule has 2 amide bonds.